The Labute approximate surface area is 134 Å². The van der Waals surface area contributed by atoms with Gasteiger partial charge in [-0.3, -0.25) is 0 Å². The highest BCUT2D eigenvalue weighted by Gasteiger charge is 2.18. The topological polar surface area (TPSA) is 30.5 Å². The molecular formula is C17H20BrNO2. The maximum absolute atomic E-state index is 5.50. The van der Waals surface area contributed by atoms with E-state index in [2.05, 4.69) is 46.4 Å². The molecule has 0 bridgehead atoms. The van der Waals surface area contributed by atoms with Crippen LogP contribution in [0.15, 0.2) is 40.9 Å². The fourth-order valence-electron chi connectivity index (χ4n) is 2.50. The van der Waals surface area contributed by atoms with E-state index in [1.165, 1.54) is 11.1 Å². The van der Waals surface area contributed by atoms with Gasteiger partial charge in [0.05, 0.1) is 20.3 Å². The molecule has 1 unspecified atom stereocenters. The molecule has 0 aliphatic heterocycles. The van der Waals surface area contributed by atoms with Crippen LogP contribution in [0.1, 0.15) is 22.7 Å². The van der Waals surface area contributed by atoms with E-state index in [0.29, 0.717) is 0 Å². The first-order chi connectivity index (χ1) is 10.1. The lowest BCUT2D eigenvalue weighted by Gasteiger charge is -2.21. The van der Waals surface area contributed by atoms with Crippen molar-refractivity contribution in [1.29, 1.82) is 0 Å². The highest BCUT2D eigenvalue weighted by atomic mass is 79.9. The second-order valence-corrected chi connectivity index (χ2v) is 5.81. The van der Waals surface area contributed by atoms with Crippen LogP contribution < -0.4 is 14.8 Å². The fraction of sp³-hybridized carbons (Fsp3) is 0.294. The van der Waals surface area contributed by atoms with Crippen molar-refractivity contribution in [2.45, 2.75) is 13.0 Å². The fourth-order valence-corrected chi connectivity index (χ4v) is 3.12. The molecule has 0 radical (unpaired) electrons. The Morgan fingerprint density at radius 3 is 2.38 bits per heavy atom. The lowest BCUT2D eigenvalue weighted by molar-refractivity contribution is 0.395. The second-order valence-electron chi connectivity index (χ2n) is 4.89. The van der Waals surface area contributed by atoms with Gasteiger partial charge in [0.2, 0.25) is 0 Å². The maximum Gasteiger partial charge on any atom is 0.124 e. The average molecular weight is 350 g/mol. The Hall–Kier alpha value is -1.52. The molecule has 0 saturated heterocycles. The number of benzene rings is 2. The van der Waals surface area contributed by atoms with Crippen LogP contribution in [-0.4, -0.2) is 21.3 Å². The maximum atomic E-state index is 5.50. The lowest BCUT2D eigenvalue weighted by Crippen LogP contribution is -2.18. The molecule has 0 saturated carbocycles. The number of hydrogen-bond acceptors (Lipinski definition) is 3. The zero-order valence-corrected chi connectivity index (χ0v) is 14.3. The third kappa shape index (κ3) is 3.57. The second kappa shape index (κ2) is 6.96. The van der Waals surface area contributed by atoms with Gasteiger partial charge < -0.3 is 14.8 Å². The molecule has 0 aliphatic carbocycles. The summed E-state index contributed by atoms with van der Waals surface area (Å²) in [6, 6.07) is 12.3. The monoisotopic (exact) mass is 349 g/mol. The normalized spacial score (nSPS) is 12.0. The molecule has 1 N–H and O–H groups in total. The zero-order chi connectivity index (χ0) is 15.4. The van der Waals surface area contributed by atoms with Gasteiger partial charge in [-0.1, -0.05) is 22.0 Å². The summed E-state index contributed by atoms with van der Waals surface area (Å²) < 4.78 is 11.9. The molecule has 0 amide bonds. The van der Waals surface area contributed by atoms with Gasteiger partial charge in [0.25, 0.3) is 0 Å². The van der Waals surface area contributed by atoms with E-state index in [4.69, 9.17) is 9.47 Å². The predicted octanol–water partition coefficient (Wildman–Crippen LogP) is 4.08. The summed E-state index contributed by atoms with van der Waals surface area (Å²) in [6.07, 6.45) is 0. The molecule has 0 spiro atoms. The Morgan fingerprint density at radius 2 is 1.81 bits per heavy atom. The zero-order valence-electron chi connectivity index (χ0n) is 12.7. The summed E-state index contributed by atoms with van der Waals surface area (Å²) in [5.74, 6) is 1.66. The van der Waals surface area contributed by atoms with Crippen LogP contribution in [0.25, 0.3) is 0 Å². The molecule has 1 atom stereocenters. The van der Waals surface area contributed by atoms with E-state index in [1.54, 1.807) is 14.2 Å². The largest absolute Gasteiger partial charge is 0.497 e. The summed E-state index contributed by atoms with van der Waals surface area (Å²) in [5.41, 5.74) is 3.44. The molecule has 0 heterocycles. The minimum Gasteiger partial charge on any atom is -0.497 e. The quantitative estimate of drug-likeness (QED) is 0.881. The van der Waals surface area contributed by atoms with Crippen LogP contribution in [0.2, 0.25) is 0 Å². The van der Waals surface area contributed by atoms with Crippen molar-refractivity contribution in [3.05, 3.63) is 57.6 Å². The molecular weight excluding hydrogens is 330 g/mol. The molecule has 2 aromatic carbocycles. The Kier molecular flexibility index (Phi) is 5.26. The highest BCUT2D eigenvalue weighted by Crippen LogP contribution is 2.34. The Bertz CT molecular complexity index is 608. The van der Waals surface area contributed by atoms with E-state index in [1.807, 2.05) is 25.2 Å². The highest BCUT2D eigenvalue weighted by molar-refractivity contribution is 9.10. The first kappa shape index (κ1) is 15.9. The Morgan fingerprint density at radius 1 is 1.05 bits per heavy atom. The molecule has 21 heavy (non-hydrogen) atoms. The predicted molar refractivity (Wildman–Crippen MR) is 89.3 cm³/mol. The van der Waals surface area contributed by atoms with Crippen molar-refractivity contribution in [1.82, 2.24) is 5.32 Å². The third-order valence-corrected chi connectivity index (χ3v) is 3.89. The number of hydrogen-bond donors (Lipinski definition) is 1. The van der Waals surface area contributed by atoms with Crippen LogP contribution in [0, 0.1) is 6.92 Å². The van der Waals surface area contributed by atoms with Gasteiger partial charge in [0, 0.05) is 10.0 Å². The molecule has 2 aromatic rings. The van der Waals surface area contributed by atoms with Crippen LogP contribution in [0.4, 0.5) is 0 Å². The van der Waals surface area contributed by atoms with Crippen molar-refractivity contribution >= 4 is 15.9 Å². The average Bonchev–Trinajstić information content (AvgIpc) is 2.47. The molecule has 112 valence electrons. The van der Waals surface area contributed by atoms with Crippen molar-refractivity contribution < 1.29 is 9.47 Å². The van der Waals surface area contributed by atoms with E-state index in [0.717, 1.165) is 21.5 Å². The van der Waals surface area contributed by atoms with Gasteiger partial charge in [-0.2, -0.15) is 0 Å². The van der Waals surface area contributed by atoms with Crippen molar-refractivity contribution in [3.63, 3.8) is 0 Å². The molecule has 0 fully saturated rings. The summed E-state index contributed by atoms with van der Waals surface area (Å²) in [6.45, 7) is 2.09. The van der Waals surface area contributed by atoms with Crippen LogP contribution in [-0.2, 0) is 0 Å². The van der Waals surface area contributed by atoms with Gasteiger partial charge in [-0.05, 0) is 55.4 Å². The summed E-state index contributed by atoms with van der Waals surface area (Å²) in [7, 11) is 5.30. The van der Waals surface area contributed by atoms with Gasteiger partial charge in [0.1, 0.15) is 11.5 Å². The van der Waals surface area contributed by atoms with Gasteiger partial charge in [-0.15, -0.1) is 0 Å². The van der Waals surface area contributed by atoms with Gasteiger partial charge in [-0.25, -0.2) is 0 Å². The number of aryl methyl sites for hydroxylation is 1. The number of nitrogens with one attached hydrogen (secondary N) is 1. The lowest BCUT2D eigenvalue weighted by atomic mass is 9.96. The molecule has 0 aliphatic rings. The first-order valence-corrected chi connectivity index (χ1v) is 7.54. The van der Waals surface area contributed by atoms with Crippen molar-refractivity contribution in [3.8, 4) is 11.5 Å². The molecule has 0 aromatic heterocycles. The van der Waals surface area contributed by atoms with Crippen LogP contribution >= 0.6 is 15.9 Å². The summed E-state index contributed by atoms with van der Waals surface area (Å²) in [5, 5.41) is 3.36. The number of ether oxygens (including phenoxy) is 2. The first-order valence-electron chi connectivity index (χ1n) is 6.75. The number of halogens is 1. The number of rotatable bonds is 5. The number of methoxy groups -OCH3 is 2. The van der Waals surface area contributed by atoms with E-state index >= 15 is 0 Å². The van der Waals surface area contributed by atoms with Crippen LogP contribution in [0.3, 0.4) is 0 Å². The van der Waals surface area contributed by atoms with Crippen LogP contribution in [0.5, 0.6) is 11.5 Å². The van der Waals surface area contributed by atoms with E-state index < -0.39 is 0 Å². The molecule has 3 nitrogen and oxygen atoms in total. The Balaban J connectivity index is 2.54. The minimum atomic E-state index is 0.0336. The summed E-state index contributed by atoms with van der Waals surface area (Å²) >= 11 is 3.56. The minimum absolute atomic E-state index is 0.0336. The molecule has 2 rings (SSSR count). The molecule has 4 heteroatoms. The third-order valence-electron chi connectivity index (χ3n) is 3.43. The van der Waals surface area contributed by atoms with E-state index in [9.17, 15) is 0 Å². The summed E-state index contributed by atoms with van der Waals surface area (Å²) in [4.78, 5) is 0. The van der Waals surface area contributed by atoms with Gasteiger partial charge >= 0.3 is 0 Å². The van der Waals surface area contributed by atoms with Gasteiger partial charge in [0.15, 0.2) is 0 Å². The smallest absolute Gasteiger partial charge is 0.124 e. The SMILES string of the molecule is CNC(c1cc(C)cc(Br)c1)c1cc(OC)ccc1OC. The van der Waals surface area contributed by atoms with E-state index in [-0.39, 0.29) is 6.04 Å². The standard InChI is InChI=1S/C17H20BrNO2/c1-11-7-12(9-13(18)8-11)17(19-2)15-10-14(20-3)5-6-16(15)21-4/h5-10,17,19H,1-4H3. The van der Waals surface area contributed by atoms with Crippen molar-refractivity contribution in [2.75, 3.05) is 21.3 Å². The van der Waals surface area contributed by atoms with Crippen molar-refractivity contribution in [2.24, 2.45) is 0 Å².